The van der Waals surface area contributed by atoms with Gasteiger partial charge >= 0.3 is 0 Å². The Kier molecular flexibility index (Phi) is 6.37. The van der Waals surface area contributed by atoms with Crippen molar-refractivity contribution >= 4 is 49.7 Å². The lowest BCUT2D eigenvalue weighted by Crippen LogP contribution is -2.41. The predicted molar refractivity (Wildman–Crippen MR) is 148 cm³/mol. The number of fused-ring (bicyclic) bond motifs is 2. The van der Waals surface area contributed by atoms with Crippen molar-refractivity contribution in [3.8, 4) is 10.6 Å². The zero-order valence-corrected chi connectivity index (χ0v) is 21.7. The molecule has 1 fully saturated rings. The summed E-state index contributed by atoms with van der Waals surface area (Å²) in [4.78, 5) is 28.5. The number of aromatic nitrogens is 4. The highest BCUT2D eigenvalue weighted by Gasteiger charge is 2.19. The molecule has 6 rings (SSSR count). The molecule has 5 aromatic rings. The molecule has 1 aliphatic rings. The zero-order valence-electron chi connectivity index (χ0n) is 20.9. The van der Waals surface area contributed by atoms with Crippen molar-refractivity contribution in [1.29, 1.82) is 0 Å². The Morgan fingerprint density at radius 2 is 2.03 bits per heavy atom. The number of carbonyl (C=O) groups is 1. The quantitative estimate of drug-likeness (QED) is 0.299. The molecule has 1 saturated heterocycles. The summed E-state index contributed by atoms with van der Waals surface area (Å²) < 4.78 is 8.29. The summed E-state index contributed by atoms with van der Waals surface area (Å²) in [5.41, 5.74) is 6.07. The first-order chi connectivity index (χ1) is 18.0. The SMILES string of the molecule is Cc1cc2cc(Nc3ccnc4cc(-c5cnc(C(=O)NCCN6CCOCC6)n5C)sc34)ccc2[nH]1. The van der Waals surface area contributed by atoms with Gasteiger partial charge in [-0.25, -0.2) is 4.98 Å². The van der Waals surface area contributed by atoms with E-state index in [-0.39, 0.29) is 5.91 Å². The average molecular weight is 516 g/mol. The van der Waals surface area contributed by atoms with Crippen molar-refractivity contribution in [2.45, 2.75) is 6.92 Å². The van der Waals surface area contributed by atoms with E-state index in [1.807, 2.05) is 23.9 Å². The second-order valence-electron chi connectivity index (χ2n) is 9.30. The lowest BCUT2D eigenvalue weighted by molar-refractivity contribution is 0.0383. The number of pyridine rings is 1. The van der Waals surface area contributed by atoms with Crippen LogP contribution in [0.4, 0.5) is 11.4 Å². The van der Waals surface area contributed by atoms with Crippen molar-refractivity contribution in [2.75, 3.05) is 44.7 Å². The van der Waals surface area contributed by atoms with Gasteiger partial charge in [-0.05, 0) is 43.3 Å². The first kappa shape index (κ1) is 23.7. The lowest BCUT2D eigenvalue weighted by Gasteiger charge is -2.26. The lowest BCUT2D eigenvalue weighted by atomic mass is 10.2. The maximum absolute atomic E-state index is 12.8. The molecular formula is C27H29N7O2S. The smallest absolute Gasteiger partial charge is 0.287 e. The van der Waals surface area contributed by atoms with E-state index in [2.05, 4.69) is 67.7 Å². The molecule has 0 aliphatic carbocycles. The van der Waals surface area contributed by atoms with Crippen LogP contribution in [0.1, 0.15) is 16.3 Å². The largest absolute Gasteiger partial charge is 0.379 e. The number of anilines is 2. The number of aryl methyl sites for hydroxylation is 1. The standard InChI is InChI=1S/C27H29N7O2S/c1-17-13-18-14-19(3-4-20(18)31-17)32-21-5-6-28-22-15-24(37-25(21)22)23-16-30-26(33(23)2)27(35)29-7-8-34-9-11-36-12-10-34/h3-6,13-16,31H,7-12H2,1-2H3,(H,28,32)(H,29,35). The fourth-order valence-corrected chi connectivity index (χ4v) is 5.88. The Morgan fingerprint density at radius 1 is 1.16 bits per heavy atom. The van der Waals surface area contributed by atoms with Gasteiger partial charge in [-0.1, -0.05) is 0 Å². The average Bonchev–Trinajstić information content (AvgIpc) is 3.60. The van der Waals surface area contributed by atoms with Gasteiger partial charge in [0.1, 0.15) is 0 Å². The van der Waals surface area contributed by atoms with Gasteiger partial charge in [0.25, 0.3) is 5.91 Å². The van der Waals surface area contributed by atoms with Crippen LogP contribution in [-0.2, 0) is 11.8 Å². The molecule has 1 aromatic carbocycles. The van der Waals surface area contributed by atoms with Gasteiger partial charge in [0, 0.05) is 61.7 Å². The van der Waals surface area contributed by atoms with Gasteiger partial charge in [-0.15, -0.1) is 11.3 Å². The summed E-state index contributed by atoms with van der Waals surface area (Å²) in [5, 5.41) is 7.73. The number of hydrogen-bond donors (Lipinski definition) is 3. The zero-order chi connectivity index (χ0) is 25.4. The Balaban J connectivity index is 1.20. The van der Waals surface area contributed by atoms with Crippen LogP contribution < -0.4 is 10.6 Å². The molecule has 1 aliphatic heterocycles. The number of morpholine rings is 1. The third-order valence-electron chi connectivity index (χ3n) is 6.71. The van der Waals surface area contributed by atoms with E-state index >= 15 is 0 Å². The van der Waals surface area contributed by atoms with Crippen LogP contribution in [0.15, 0.2) is 48.8 Å². The van der Waals surface area contributed by atoms with Crippen molar-refractivity contribution in [3.63, 3.8) is 0 Å². The third-order valence-corrected chi connectivity index (χ3v) is 7.89. The number of H-pyrrole nitrogens is 1. The molecule has 1 amide bonds. The number of aromatic amines is 1. The number of rotatable bonds is 7. The first-order valence-electron chi connectivity index (χ1n) is 12.4. The van der Waals surface area contributed by atoms with E-state index in [9.17, 15) is 4.79 Å². The molecule has 190 valence electrons. The van der Waals surface area contributed by atoms with Gasteiger partial charge in [-0.3, -0.25) is 14.7 Å². The summed E-state index contributed by atoms with van der Waals surface area (Å²) in [7, 11) is 1.88. The highest BCUT2D eigenvalue weighted by Crippen LogP contribution is 2.37. The number of benzene rings is 1. The van der Waals surface area contributed by atoms with Gasteiger partial charge in [0.2, 0.25) is 0 Å². The van der Waals surface area contributed by atoms with E-state index in [1.165, 1.54) is 5.39 Å². The molecule has 0 radical (unpaired) electrons. The number of nitrogens with zero attached hydrogens (tertiary/aromatic N) is 4. The van der Waals surface area contributed by atoms with E-state index in [1.54, 1.807) is 17.5 Å². The maximum atomic E-state index is 12.8. The van der Waals surface area contributed by atoms with E-state index in [0.29, 0.717) is 12.4 Å². The van der Waals surface area contributed by atoms with Gasteiger partial charge < -0.3 is 24.9 Å². The van der Waals surface area contributed by atoms with Crippen LogP contribution in [0, 0.1) is 6.92 Å². The number of hydrogen-bond acceptors (Lipinski definition) is 7. The minimum absolute atomic E-state index is 0.168. The minimum atomic E-state index is -0.168. The van der Waals surface area contributed by atoms with Crippen molar-refractivity contribution in [2.24, 2.45) is 7.05 Å². The van der Waals surface area contributed by atoms with Crippen LogP contribution >= 0.6 is 11.3 Å². The number of amides is 1. The van der Waals surface area contributed by atoms with E-state index in [0.717, 1.165) is 76.2 Å². The third kappa shape index (κ3) is 4.83. The number of thiophene rings is 1. The van der Waals surface area contributed by atoms with Crippen LogP contribution in [0.2, 0.25) is 0 Å². The molecule has 0 spiro atoms. The molecule has 37 heavy (non-hydrogen) atoms. The molecule has 0 bridgehead atoms. The summed E-state index contributed by atoms with van der Waals surface area (Å²) in [6, 6.07) is 12.5. The molecule has 9 nitrogen and oxygen atoms in total. The molecule has 5 heterocycles. The van der Waals surface area contributed by atoms with E-state index < -0.39 is 0 Å². The fraction of sp³-hybridized carbons (Fsp3) is 0.296. The van der Waals surface area contributed by atoms with Crippen molar-refractivity contribution in [3.05, 3.63) is 60.3 Å². The van der Waals surface area contributed by atoms with Crippen molar-refractivity contribution < 1.29 is 9.53 Å². The highest BCUT2D eigenvalue weighted by molar-refractivity contribution is 7.22. The first-order valence-corrected chi connectivity index (χ1v) is 13.2. The highest BCUT2D eigenvalue weighted by atomic mass is 32.1. The fourth-order valence-electron chi connectivity index (χ4n) is 4.75. The normalized spacial score (nSPS) is 14.4. The number of imidazole rings is 1. The van der Waals surface area contributed by atoms with Crippen molar-refractivity contribution in [1.82, 2.24) is 29.7 Å². The summed E-state index contributed by atoms with van der Waals surface area (Å²) >= 11 is 1.64. The van der Waals surface area contributed by atoms with Crippen LogP contribution in [0.3, 0.4) is 0 Å². The van der Waals surface area contributed by atoms with Crippen LogP contribution in [0.5, 0.6) is 0 Å². The minimum Gasteiger partial charge on any atom is -0.379 e. The molecule has 10 heteroatoms. The molecular weight excluding hydrogens is 486 g/mol. The Morgan fingerprint density at radius 3 is 2.89 bits per heavy atom. The molecule has 3 N–H and O–H groups in total. The molecule has 0 saturated carbocycles. The summed E-state index contributed by atoms with van der Waals surface area (Å²) in [5.74, 6) is 0.231. The van der Waals surface area contributed by atoms with Gasteiger partial charge in [0.15, 0.2) is 5.82 Å². The topological polar surface area (TPSA) is 100 Å². The van der Waals surface area contributed by atoms with E-state index in [4.69, 9.17) is 4.74 Å². The second-order valence-corrected chi connectivity index (χ2v) is 10.4. The second kappa shape index (κ2) is 9.97. The number of nitrogens with one attached hydrogen (secondary N) is 3. The number of ether oxygens (including phenoxy) is 1. The van der Waals surface area contributed by atoms with Crippen LogP contribution in [0.25, 0.3) is 31.7 Å². The predicted octanol–water partition coefficient (Wildman–Crippen LogP) is 4.29. The summed E-state index contributed by atoms with van der Waals surface area (Å²) in [6.45, 7) is 6.75. The molecule has 0 unspecified atom stereocenters. The molecule has 0 atom stereocenters. The Labute approximate surface area is 218 Å². The van der Waals surface area contributed by atoms with Crippen LogP contribution in [-0.4, -0.2) is 69.7 Å². The van der Waals surface area contributed by atoms with Gasteiger partial charge in [-0.2, -0.15) is 0 Å². The maximum Gasteiger partial charge on any atom is 0.287 e. The van der Waals surface area contributed by atoms with Gasteiger partial charge in [0.05, 0.1) is 45.9 Å². The summed E-state index contributed by atoms with van der Waals surface area (Å²) in [6.07, 6.45) is 3.58. The monoisotopic (exact) mass is 515 g/mol. The number of carbonyl (C=O) groups excluding carboxylic acids is 1. The molecule has 4 aromatic heterocycles. The Bertz CT molecular complexity index is 1580. The Hall–Kier alpha value is -3.73.